The molecule has 512 valence electrons. The molecule has 0 spiro atoms. The number of anilines is 1. The van der Waals surface area contributed by atoms with Gasteiger partial charge in [0, 0.05) is 162 Å². The van der Waals surface area contributed by atoms with Crippen LogP contribution in [-0.4, -0.2) is 167 Å². The average Bonchev–Trinajstić information content (AvgIpc) is 0.964. The highest BCUT2D eigenvalue weighted by atomic mass is 16.5. The number of ether oxygens (including phenoxy) is 5. The molecule has 14 aromatic rings. The third-order valence-corrected chi connectivity index (χ3v) is 14.9. The molecule has 0 bridgehead atoms. The standard InChI is InChI=1S/C27H24N8O.C10H13N5O.C10H12N4O2.C10H10N4O2.C7H7NO2.C3H5N3/c1-34-11-8-17-4-5-18(12-23(17)34)21-13-20(14-22-27(21)29-10-9-28-22)32-26(24-16-31-33-35(24)2)19-6-7-25(36-3)30-15-19;1-15-8(6-13-14-15)10(11)7-3-4-9(16-2)12-5-7;2*1-14-8(6-12-13-14)10(15)7-3-4-9(16-2)11-5-7;1-10-7-3-2-6(5-9)4-8-7;1-6-3-2-4-5-6/h4-16,26,32H,1-3H3;3-6,10H,11H2,1-2H3;3-6,10,15H,1-2H3;3-6H,1-2H3;2-5H,1H3;2-3H,1H3. The average molecular weight is 1350 g/mol. The maximum absolute atomic E-state index is 11.9. The zero-order chi connectivity index (χ0) is 71.1. The number of carbonyl (C=O) groups excluding carboxylic acids is 2. The van der Waals surface area contributed by atoms with Crippen molar-refractivity contribution in [3.05, 3.63) is 234 Å². The van der Waals surface area contributed by atoms with E-state index in [1.165, 1.54) is 53.8 Å². The van der Waals surface area contributed by atoms with Gasteiger partial charge in [0.15, 0.2) is 6.29 Å². The summed E-state index contributed by atoms with van der Waals surface area (Å²) in [5, 5.41) is 52.7. The van der Waals surface area contributed by atoms with Gasteiger partial charge in [-0.3, -0.25) is 28.9 Å². The summed E-state index contributed by atoms with van der Waals surface area (Å²) in [5.74, 6) is 2.46. The molecule has 0 radical (unpaired) electrons. The number of carbonyl (C=O) groups is 2. The second-order valence-electron chi connectivity index (χ2n) is 21.3. The first-order valence-electron chi connectivity index (χ1n) is 30.2. The van der Waals surface area contributed by atoms with E-state index < -0.39 is 6.10 Å². The lowest BCUT2D eigenvalue weighted by Gasteiger charge is -2.21. The van der Waals surface area contributed by atoms with Gasteiger partial charge in [-0.2, -0.15) is 0 Å². The van der Waals surface area contributed by atoms with Gasteiger partial charge in [-0.25, -0.2) is 39.0 Å². The lowest BCUT2D eigenvalue weighted by molar-refractivity contribution is 0.102. The summed E-state index contributed by atoms with van der Waals surface area (Å²) < 4.78 is 35.0. The Kier molecular flexibility index (Phi) is 24.5. The predicted molar refractivity (Wildman–Crippen MR) is 365 cm³/mol. The molecule has 33 nitrogen and oxygen atoms in total. The Bertz CT molecular complexity index is 4760. The van der Waals surface area contributed by atoms with Crippen LogP contribution in [-0.2, 0) is 42.3 Å². The number of nitrogens with one attached hydrogen (secondary N) is 1. The second kappa shape index (κ2) is 34.5. The molecule has 0 fully saturated rings. The van der Waals surface area contributed by atoms with Crippen molar-refractivity contribution in [2.24, 2.45) is 48.0 Å². The number of pyridine rings is 5. The maximum atomic E-state index is 11.9. The topological polar surface area (TPSA) is 387 Å². The number of rotatable bonds is 17. The summed E-state index contributed by atoms with van der Waals surface area (Å²) in [6.07, 6.45) is 23.2. The van der Waals surface area contributed by atoms with E-state index >= 15 is 0 Å². The zero-order valence-electron chi connectivity index (χ0n) is 56.3. The fraction of sp³-hybridized carbons (Fsp3) is 0.209. The minimum atomic E-state index is -0.779. The SMILES string of the molecule is COc1ccc(C(=O)c2cnnn2C)cn1.COc1ccc(C(N)c2cnnn2C)cn1.COc1ccc(C(Nc2cc(-c3ccc4ccn(C)c4c3)c3nccnc3c2)c2cnnn2C)cn1.COc1ccc(C(O)c2cnnn2C)cn1.COc1ccc(C=O)cn1.Cn1ccnn1. The molecule has 0 aliphatic rings. The lowest BCUT2D eigenvalue weighted by atomic mass is 10.0. The number of aryl methyl sites for hydroxylation is 6. The first-order valence-corrected chi connectivity index (χ1v) is 30.2. The van der Waals surface area contributed by atoms with Crippen molar-refractivity contribution in [2.45, 2.75) is 18.2 Å². The molecule has 4 N–H and O–H groups in total. The Morgan fingerprint density at radius 3 is 1.53 bits per heavy atom. The number of aromatic nitrogens is 23. The van der Waals surface area contributed by atoms with Crippen LogP contribution < -0.4 is 34.7 Å². The Morgan fingerprint density at radius 2 is 1.04 bits per heavy atom. The molecular formula is C67H71N25O8. The van der Waals surface area contributed by atoms with E-state index in [4.69, 9.17) is 29.4 Å². The maximum Gasteiger partial charge on any atom is 0.214 e. The van der Waals surface area contributed by atoms with Crippen LogP contribution in [0, 0.1) is 0 Å². The number of fused-ring (bicyclic) bond motifs is 2. The smallest absolute Gasteiger partial charge is 0.214 e. The Hall–Kier alpha value is -13.2. The molecule has 14 rings (SSSR count). The molecule has 0 amide bonds. The van der Waals surface area contributed by atoms with E-state index in [0.717, 1.165) is 62.2 Å². The first-order chi connectivity index (χ1) is 48.5. The number of hydrogen-bond donors (Lipinski definition) is 3. The van der Waals surface area contributed by atoms with E-state index in [1.807, 2.05) is 38.4 Å². The van der Waals surface area contributed by atoms with Gasteiger partial charge in [-0.15, -0.1) is 25.5 Å². The van der Waals surface area contributed by atoms with Crippen LogP contribution >= 0.6 is 0 Å². The van der Waals surface area contributed by atoms with Crippen molar-refractivity contribution in [1.29, 1.82) is 0 Å². The van der Waals surface area contributed by atoms with Crippen LogP contribution in [0.15, 0.2) is 184 Å². The number of hydrogen-bond acceptors (Lipinski definition) is 27. The van der Waals surface area contributed by atoms with Crippen LogP contribution in [0.5, 0.6) is 29.4 Å². The number of benzene rings is 2. The summed E-state index contributed by atoms with van der Waals surface area (Å²) >= 11 is 0. The summed E-state index contributed by atoms with van der Waals surface area (Å²) in [6, 6.07) is 29.7. The van der Waals surface area contributed by atoms with Crippen molar-refractivity contribution >= 4 is 39.7 Å². The molecule has 3 unspecified atom stereocenters. The van der Waals surface area contributed by atoms with Gasteiger partial charge in [0.25, 0.3) is 0 Å². The van der Waals surface area contributed by atoms with Crippen LogP contribution in [0.4, 0.5) is 5.69 Å². The third kappa shape index (κ3) is 18.2. The summed E-state index contributed by atoms with van der Waals surface area (Å²) in [4.78, 5) is 51.7. The Morgan fingerprint density at radius 1 is 0.500 bits per heavy atom. The van der Waals surface area contributed by atoms with Crippen LogP contribution in [0.1, 0.15) is 78.4 Å². The normalized spacial score (nSPS) is 11.4. The predicted octanol–water partition coefficient (Wildman–Crippen LogP) is 6.26. The van der Waals surface area contributed by atoms with Crippen LogP contribution in [0.25, 0.3) is 33.1 Å². The molecule has 100 heavy (non-hydrogen) atoms. The van der Waals surface area contributed by atoms with E-state index in [1.54, 1.807) is 155 Å². The molecule has 0 aliphatic carbocycles. The quantitative estimate of drug-likeness (QED) is 0.0669. The minimum absolute atomic E-state index is 0.164. The fourth-order valence-corrected chi connectivity index (χ4v) is 9.51. The van der Waals surface area contributed by atoms with Gasteiger partial charge < -0.3 is 44.4 Å². The fourth-order valence-electron chi connectivity index (χ4n) is 9.51. The van der Waals surface area contributed by atoms with Crippen molar-refractivity contribution < 1.29 is 38.4 Å². The van der Waals surface area contributed by atoms with Gasteiger partial charge in [0.05, 0.1) is 107 Å². The number of aliphatic hydroxyl groups is 1. The van der Waals surface area contributed by atoms with Gasteiger partial charge in [0.1, 0.15) is 11.8 Å². The highest BCUT2D eigenvalue weighted by Gasteiger charge is 2.22. The second-order valence-corrected chi connectivity index (χ2v) is 21.3. The van der Waals surface area contributed by atoms with Gasteiger partial charge in [-0.05, 0) is 70.6 Å². The number of ketones is 1. The van der Waals surface area contributed by atoms with Crippen molar-refractivity contribution in [3.8, 4) is 40.5 Å². The number of nitrogens with zero attached hydrogens (tertiary/aromatic N) is 23. The number of nitrogens with two attached hydrogens (primary N) is 1. The van der Waals surface area contributed by atoms with Gasteiger partial charge in [0.2, 0.25) is 35.2 Å². The molecule has 33 heteroatoms. The lowest BCUT2D eigenvalue weighted by Crippen LogP contribution is -2.16. The van der Waals surface area contributed by atoms with E-state index in [0.29, 0.717) is 57.5 Å². The van der Waals surface area contributed by atoms with Gasteiger partial charge in [-0.1, -0.05) is 44.3 Å². The Labute approximate surface area is 572 Å². The summed E-state index contributed by atoms with van der Waals surface area (Å²) in [7, 11) is 18.7. The minimum Gasteiger partial charge on any atom is -0.481 e. The third-order valence-electron chi connectivity index (χ3n) is 14.9. The van der Waals surface area contributed by atoms with E-state index in [-0.39, 0.29) is 17.9 Å². The molecule has 0 saturated heterocycles. The number of aliphatic hydroxyl groups excluding tert-OH is 1. The van der Waals surface area contributed by atoms with Crippen molar-refractivity contribution in [2.75, 3.05) is 40.9 Å². The van der Waals surface area contributed by atoms with Crippen LogP contribution in [0.2, 0.25) is 0 Å². The van der Waals surface area contributed by atoms with E-state index in [2.05, 4.69) is 140 Å². The van der Waals surface area contributed by atoms with Crippen molar-refractivity contribution in [3.63, 3.8) is 0 Å². The van der Waals surface area contributed by atoms with Gasteiger partial charge >= 0.3 is 0 Å². The molecule has 12 aromatic heterocycles. The highest BCUT2D eigenvalue weighted by Crippen LogP contribution is 2.35. The summed E-state index contributed by atoms with van der Waals surface area (Å²) in [5.41, 5.74) is 18.2. The van der Waals surface area contributed by atoms with Crippen molar-refractivity contribution in [1.82, 2.24) is 114 Å². The van der Waals surface area contributed by atoms with E-state index in [9.17, 15) is 14.7 Å². The number of aldehydes is 1. The monoisotopic (exact) mass is 1350 g/mol. The first kappa shape index (κ1) is 71.1. The molecule has 2 aromatic carbocycles. The molecule has 3 atom stereocenters. The number of methoxy groups -OCH3 is 5. The summed E-state index contributed by atoms with van der Waals surface area (Å²) in [6.45, 7) is 0. The molecular weight excluding hydrogens is 1280 g/mol. The van der Waals surface area contributed by atoms with Crippen LogP contribution in [0.3, 0.4) is 0 Å². The Balaban J connectivity index is 0.000000154. The molecule has 12 heterocycles. The molecule has 0 saturated carbocycles. The zero-order valence-corrected chi connectivity index (χ0v) is 56.3. The molecule has 0 aliphatic heterocycles. The largest absolute Gasteiger partial charge is 0.481 e. The highest BCUT2D eigenvalue weighted by molar-refractivity contribution is 6.07.